The van der Waals surface area contributed by atoms with Gasteiger partial charge in [0.25, 0.3) is 11.5 Å². The van der Waals surface area contributed by atoms with Gasteiger partial charge in [0.05, 0.1) is 16.6 Å². The maximum absolute atomic E-state index is 12.9. The summed E-state index contributed by atoms with van der Waals surface area (Å²) >= 11 is 5.86. The van der Waals surface area contributed by atoms with E-state index in [9.17, 15) is 14.4 Å². The Labute approximate surface area is 176 Å². The number of carbonyl (C=O) groups excluding carboxylic acids is 1. The highest BCUT2D eigenvalue weighted by Crippen LogP contribution is 2.13. The van der Waals surface area contributed by atoms with Crippen LogP contribution < -0.4 is 16.6 Å². The number of H-pyrrole nitrogens is 1. The van der Waals surface area contributed by atoms with Crippen LogP contribution in [-0.4, -0.2) is 15.5 Å². The van der Waals surface area contributed by atoms with Crippen LogP contribution in [0.15, 0.2) is 76.3 Å². The summed E-state index contributed by atoms with van der Waals surface area (Å²) in [6.07, 6.45) is 0. The molecule has 0 saturated carbocycles. The number of aryl methyl sites for hydroxylation is 1. The Hall–Kier alpha value is -3.64. The molecule has 4 rings (SSSR count). The van der Waals surface area contributed by atoms with Crippen LogP contribution in [0, 0.1) is 6.92 Å². The second-order valence-electron chi connectivity index (χ2n) is 6.98. The van der Waals surface area contributed by atoms with Crippen molar-refractivity contribution in [3.05, 3.63) is 109 Å². The normalized spacial score (nSPS) is 10.9. The molecule has 1 aromatic heterocycles. The number of aromatic nitrogens is 2. The van der Waals surface area contributed by atoms with Gasteiger partial charge in [-0.3, -0.25) is 9.59 Å². The molecule has 0 radical (unpaired) electrons. The van der Waals surface area contributed by atoms with E-state index >= 15 is 0 Å². The molecule has 0 fully saturated rings. The molecule has 0 aliphatic rings. The summed E-state index contributed by atoms with van der Waals surface area (Å²) in [5.41, 5.74) is 2.08. The van der Waals surface area contributed by atoms with Gasteiger partial charge in [-0.25, -0.2) is 9.36 Å². The fourth-order valence-corrected chi connectivity index (χ4v) is 3.30. The Morgan fingerprint density at radius 3 is 2.40 bits per heavy atom. The largest absolute Gasteiger partial charge is 0.348 e. The van der Waals surface area contributed by atoms with E-state index in [4.69, 9.17) is 11.6 Å². The Morgan fingerprint density at radius 2 is 1.70 bits per heavy atom. The van der Waals surface area contributed by atoms with E-state index in [0.29, 0.717) is 33.7 Å². The van der Waals surface area contributed by atoms with Gasteiger partial charge in [-0.1, -0.05) is 41.4 Å². The maximum atomic E-state index is 12.9. The van der Waals surface area contributed by atoms with Crippen LogP contribution in [0.3, 0.4) is 0 Å². The van der Waals surface area contributed by atoms with Gasteiger partial charge in [0.1, 0.15) is 0 Å². The lowest BCUT2D eigenvalue weighted by Gasteiger charge is -2.09. The molecule has 0 unspecified atom stereocenters. The summed E-state index contributed by atoms with van der Waals surface area (Å²) in [5, 5.41) is 3.76. The first-order chi connectivity index (χ1) is 14.4. The molecule has 150 valence electrons. The molecule has 30 heavy (non-hydrogen) atoms. The van der Waals surface area contributed by atoms with Crippen LogP contribution >= 0.6 is 11.6 Å². The minimum atomic E-state index is -0.560. The Morgan fingerprint density at radius 1 is 1.00 bits per heavy atom. The molecule has 1 heterocycles. The van der Waals surface area contributed by atoms with Gasteiger partial charge in [-0.2, -0.15) is 0 Å². The van der Waals surface area contributed by atoms with Crippen molar-refractivity contribution in [1.82, 2.24) is 14.9 Å². The Balaban J connectivity index is 1.64. The fraction of sp³-hybridized carbons (Fsp3) is 0.0870. The lowest BCUT2D eigenvalue weighted by atomic mass is 10.1. The van der Waals surface area contributed by atoms with Gasteiger partial charge >= 0.3 is 5.69 Å². The summed E-state index contributed by atoms with van der Waals surface area (Å²) in [7, 11) is 0. The number of nitrogens with zero attached hydrogens (tertiary/aromatic N) is 1. The molecule has 0 saturated heterocycles. The molecular weight excluding hydrogens is 402 g/mol. The number of carbonyl (C=O) groups is 1. The van der Waals surface area contributed by atoms with Gasteiger partial charge in [-0.15, -0.1) is 0 Å². The van der Waals surface area contributed by atoms with Crippen LogP contribution in [0.4, 0.5) is 0 Å². The van der Waals surface area contributed by atoms with Gasteiger partial charge in [0, 0.05) is 17.1 Å². The lowest BCUT2D eigenvalue weighted by molar-refractivity contribution is 0.0951. The van der Waals surface area contributed by atoms with E-state index in [0.717, 1.165) is 15.7 Å². The quantitative estimate of drug-likeness (QED) is 0.530. The summed E-state index contributed by atoms with van der Waals surface area (Å²) in [6.45, 7) is 2.26. The molecule has 1 amide bonds. The molecule has 3 aromatic carbocycles. The minimum absolute atomic E-state index is 0.310. The smallest absolute Gasteiger partial charge is 0.333 e. The minimum Gasteiger partial charge on any atom is -0.348 e. The average molecular weight is 420 g/mol. The van der Waals surface area contributed by atoms with Crippen LogP contribution in [0.5, 0.6) is 0 Å². The Kier molecular flexibility index (Phi) is 5.25. The number of amides is 1. The van der Waals surface area contributed by atoms with E-state index < -0.39 is 11.2 Å². The van der Waals surface area contributed by atoms with Gasteiger partial charge in [-0.05, 0) is 55.0 Å². The number of hydrogen-bond donors (Lipinski definition) is 2. The van der Waals surface area contributed by atoms with E-state index in [-0.39, 0.29) is 5.91 Å². The van der Waals surface area contributed by atoms with E-state index in [1.165, 1.54) is 6.07 Å². The number of rotatable bonds is 4. The topological polar surface area (TPSA) is 84.0 Å². The molecule has 0 bridgehead atoms. The van der Waals surface area contributed by atoms with Gasteiger partial charge in [0.15, 0.2) is 0 Å². The van der Waals surface area contributed by atoms with Crippen LogP contribution in [0.1, 0.15) is 21.5 Å². The average Bonchev–Trinajstić information content (AvgIpc) is 2.74. The van der Waals surface area contributed by atoms with Crippen molar-refractivity contribution in [3.8, 4) is 5.69 Å². The third-order valence-corrected chi connectivity index (χ3v) is 5.07. The second-order valence-corrected chi connectivity index (χ2v) is 7.41. The van der Waals surface area contributed by atoms with Crippen molar-refractivity contribution in [3.63, 3.8) is 0 Å². The predicted molar refractivity (Wildman–Crippen MR) is 118 cm³/mol. The van der Waals surface area contributed by atoms with Crippen molar-refractivity contribution < 1.29 is 4.79 Å². The van der Waals surface area contributed by atoms with Crippen LogP contribution in [-0.2, 0) is 6.54 Å². The van der Waals surface area contributed by atoms with Crippen LogP contribution in [0.2, 0.25) is 5.02 Å². The third-order valence-electron chi connectivity index (χ3n) is 4.82. The highest BCUT2D eigenvalue weighted by molar-refractivity contribution is 6.30. The monoisotopic (exact) mass is 419 g/mol. The van der Waals surface area contributed by atoms with Gasteiger partial charge < -0.3 is 10.3 Å². The SMILES string of the molecule is Cc1ccc(-n2c(=O)[nH]c3cc(C(=O)NCc4ccc(Cl)cc4)ccc3c2=O)cc1. The number of fused-ring (bicyclic) bond motifs is 1. The summed E-state index contributed by atoms with van der Waals surface area (Å²) in [6, 6.07) is 18.9. The molecule has 2 N–H and O–H groups in total. The predicted octanol–water partition coefficient (Wildman–Crippen LogP) is 3.57. The van der Waals surface area contributed by atoms with E-state index in [1.54, 1.807) is 36.4 Å². The van der Waals surface area contributed by atoms with Crippen molar-refractivity contribution in [1.29, 1.82) is 0 Å². The molecule has 0 aliphatic heterocycles. The first kappa shape index (κ1) is 19.7. The molecule has 0 spiro atoms. The first-order valence-electron chi connectivity index (χ1n) is 9.31. The fourth-order valence-electron chi connectivity index (χ4n) is 3.17. The zero-order valence-corrected chi connectivity index (χ0v) is 16.9. The maximum Gasteiger partial charge on any atom is 0.333 e. The zero-order chi connectivity index (χ0) is 21.3. The summed E-state index contributed by atoms with van der Waals surface area (Å²) in [4.78, 5) is 40.6. The summed E-state index contributed by atoms with van der Waals surface area (Å²) in [5.74, 6) is -0.310. The third kappa shape index (κ3) is 3.90. The van der Waals surface area contributed by atoms with Crippen molar-refractivity contribution in [2.45, 2.75) is 13.5 Å². The molecule has 6 nitrogen and oxygen atoms in total. The number of benzene rings is 3. The molecular formula is C23H18ClN3O3. The van der Waals surface area contributed by atoms with E-state index in [2.05, 4.69) is 10.3 Å². The molecule has 0 atom stereocenters. The number of nitrogens with one attached hydrogen (secondary N) is 2. The van der Waals surface area contributed by atoms with Gasteiger partial charge in [0.2, 0.25) is 0 Å². The molecule has 4 aromatic rings. The van der Waals surface area contributed by atoms with Crippen molar-refractivity contribution in [2.75, 3.05) is 0 Å². The van der Waals surface area contributed by atoms with E-state index in [1.807, 2.05) is 31.2 Å². The van der Waals surface area contributed by atoms with Crippen LogP contribution in [0.25, 0.3) is 16.6 Å². The number of hydrogen-bond acceptors (Lipinski definition) is 3. The van der Waals surface area contributed by atoms with Crippen molar-refractivity contribution >= 4 is 28.4 Å². The Bertz CT molecular complexity index is 1350. The standard InChI is InChI=1S/C23H18ClN3O3/c1-14-2-9-18(10-3-14)27-22(29)19-11-6-16(12-20(19)26-23(27)30)21(28)25-13-15-4-7-17(24)8-5-15/h2-12H,13H2,1H3,(H,25,28)(H,26,30). The molecule has 7 heteroatoms. The zero-order valence-electron chi connectivity index (χ0n) is 16.1. The van der Waals surface area contributed by atoms with Crippen molar-refractivity contribution in [2.24, 2.45) is 0 Å². The summed E-state index contributed by atoms with van der Waals surface area (Å²) < 4.78 is 1.09. The molecule has 0 aliphatic carbocycles. The lowest BCUT2D eigenvalue weighted by Crippen LogP contribution is -2.33. The highest BCUT2D eigenvalue weighted by atomic mass is 35.5. The number of aromatic amines is 1. The number of halogens is 1. The first-order valence-corrected chi connectivity index (χ1v) is 9.69. The highest BCUT2D eigenvalue weighted by Gasteiger charge is 2.12. The second kappa shape index (κ2) is 8.00.